The summed E-state index contributed by atoms with van der Waals surface area (Å²) < 4.78 is 11.6. The highest BCUT2D eigenvalue weighted by Crippen LogP contribution is 2.22. The first kappa shape index (κ1) is 8.87. The zero-order valence-electron chi connectivity index (χ0n) is 6.85. The molecule has 0 saturated heterocycles. The van der Waals surface area contributed by atoms with E-state index in [0.717, 1.165) is 4.47 Å². The zero-order valence-corrected chi connectivity index (χ0v) is 9.44. The normalized spacial score (nSPS) is 11.6. The molecule has 0 aliphatic heterocycles. The number of halogens is 1. The molecule has 0 radical (unpaired) electrons. The van der Waals surface area contributed by atoms with Gasteiger partial charge in [0.15, 0.2) is 0 Å². The van der Waals surface area contributed by atoms with Crippen LogP contribution in [0.25, 0.3) is 0 Å². The third kappa shape index (κ3) is 3.12. The second kappa shape index (κ2) is 3.03. The van der Waals surface area contributed by atoms with Crippen LogP contribution in [-0.4, -0.2) is 8.32 Å². The molecule has 0 unspecified atom stereocenters. The second-order valence-electron chi connectivity index (χ2n) is 3.30. The van der Waals surface area contributed by atoms with Crippen molar-refractivity contribution in [1.82, 2.24) is 0 Å². The largest absolute Gasteiger partial charge is 0.519 e. The molecule has 0 fully saturated rings. The summed E-state index contributed by atoms with van der Waals surface area (Å²) in [5, 5.41) is 0. The Balaban J connectivity index is 2.65. The maximum absolute atomic E-state index is 5.56. The van der Waals surface area contributed by atoms with Crippen LogP contribution in [0.1, 0.15) is 0 Å². The number of furan rings is 1. The van der Waals surface area contributed by atoms with Gasteiger partial charge in [0.2, 0.25) is 8.32 Å². The maximum Gasteiger partial charge on any atom is 0.271 e. The van der Waals surface area contributed by atoms with Gasteiger partial charge in [-0.2, -0.15) is 0 Å². The topological polar surface area (TPSA) is 22.4 Å². The highest BCUT2D eigenvalue weighted by molar-refractivity contribution is 9.10. The maximum atomic E-state index is 5.56. The Kier molecular flexibility index (Phi) is 2.44. The van der Waals surface area contributed by atoms with Crippen molar-refractivity contribution in [2.45, 2.75) is 19.6 Å². The number of hydrogen-bond acceptors (Lipinski definition) is 2. The average Bonchev–Trinajstić information content (AvgIpc) is 2.10. The summed E-state index contributed by atoms with van der Waals surface area (Å²) in [5.74, 6) is 0.607. The standard InChI is InChI=1S/C7H11BrO2Si/c1-11(2,3)10-7-4-6(8)5-9-7/h4-5H,1-3H3. The van der Waals surface area contributed by atoms with Gasteiger partial charge in [-0.15, -0.1) is 0 Å². The van der Waals surface area contributed by atoms with E-state index in [2.05, 4.69) is 35.6 Å². The molecule has 0 spiro atoms. The second-order valence-corrected chi connectivity index (χ2v) is 8.64. The fourth-order valence-corrected chi connectivity index (χ4v) is 1.64. The van der Waals surface area contributed by atoms with Crippen LogP contribution in [0.15, 0.2) is 21.2 Å². The summed E-state index contributed by atoms with van der Waals surface area (Å²) >= 11 is 3.28. The van der Waals surface area contributed by atoms with Gasteiger partial charge < -0.3 is 8.84 Å². The lowest BCUT2D eigenvalue weighted by atomic mass is 10.7. The van der Waals surface area contributed by atoms with Crippen LogP contribution in [0, 0.1) is 0 Å². The van der Waals surface area contributed by atoms with Gasteiger partial charge in [-0.1, -0.05) is 0 Å². The Hall–Kier alpha value is -0.223. The Bertz CT molecular complexity index is 239. The summed E-state index contributed by atoms with van der Waals surface area (Å²) in [5.41, 5.74) is 0. The first-order chi connectivity index (χ1) is 4.97. The van der Waals surface area contributed by atoms with E-state index in [0.29, 0.717) is 5.95 Å². The summed E-state index contributed by atoms with van der Waals surface area (Å²) in [6.07, 6.45) is 1.62. The van der Waals surface area contributed by atoms with Crippen LogP contribution in [0.3, 0.4) is 0 Å². The van der Waals surface area contributed by atoms with Crippen molar-refractivity contribution in [2.75, 3.05) is 0 Å². The van der Waals surface area contributed by atoms with Crippen LogP contribution in [0.2, 0.25) is 19.6 Å². The third-order valence-corrected chi connectivity index (χ3v) is 2.18. The molecular formula is C7H11BrO2Si. The van der Waals surface area contributed by atoms with Crippen LogP contribution in [0.5, 0.6) is 5.95 Å². The van der Waals surface area contributed by atoms with Gasteiger partial charge >= 0.3 is 0 Å². The third-order valence-electron chi connectivity index (χ3n) is 0.950. The van der Waals surface area contributed by atoms with Gasteiger partial charge in [-0.25, -0.2) is 0 Å². The Morgan fingerprint density at radius 3 is 2.45 bits per heavy atom. The van der Waals surface area contributed by atoms with Gasteiger partial charge in [0.1, 0.15) is 6.26 Å². The highest BCUT2D eigenvalue weighted by atomic mass is 79.9. The molecule has 1 rings (SSSR count). The van der Waals surface area contributed by atoms with Crippen molar-refractivity contribution >= 4 is 24.2 Å². The molecular weight excluding hydrogens is 224 g/mol. The molecule has 4 heteroatoms. The minimum absolute atomic E-state index is 0.607. The predicted octanol–water partition coefficient (Wildman–Crippen LogP) is 3.26. The molecule has 0 aliphatic carbocycles. The van der Waals surface area contributed by atoms with E-state index in [4.69, 9.17) is 8.84 Å². The Morgan fingerprint density at radius 2 is 2.09 bits per heavy atom. The van der Waals surface area contributed by atoms with E-state index in [9.17, 15) is 0 Å². The molecule has 0 aliphatic rings. The van der Waals surface area contributed by atoms with Crippen LogP contribution >= 0.6 is 15.9 Å². The molecule has 0 saturated carbocycles. The van der Waals surface area contributed by atoms with E-state index >= 15 is 0 Å². The van der Waals surface area contributed by atoms with Crippen molar-refractivity contribution in [3.63, 3.8) is 0 Å². The van der Waals surface area contributed by atoms with Gasteiger partial charge in [-0.3, -0.25) is 0 Å². The Morgan fingerprint density at radius 1 is 1.45 bits per heavy atom. The monoisotopic (exact) mass is 234 g/mol. The molecule has 0 N–H and O–H groups in total. The first-order valence-electron chi connectivity index (χ1n) is 3.40. The lowest BCUT2D eigenvalue weighted by Crippen LogP contribution is -2.28. The number of rotatable bonds is 2. The van der Waals surface area contributed by atoms with Crippen LogP contribution in [0.4, 0.5) is 0 Å². The average molecular weight is 235 g/mol. The van der Waals surface area contributed by atoms with E-state index in [1.54, 1.807) is 6.26 Å². The fourth-order valence-electron chi connectivity index (χ4n) is 0.650. The molecule has 0 bridgehead atoms. The van der Waals surface area contributed by atoms with Gasteiger partial charge in [0.25, 0.3) is 5.95 Å². The fraction of sp³-hybridized carbons (Fsp3) is 0.429. The lowest BCUT2D eigenvalue weighted by Gasteiger charge is -2.15. The molecule has 0 atom stereocenters. The summed E-state index contributed by atoms with van der Waals surface area (Å²) in [6, 6.07) is 1.83. The minimum Gasteiger partial charge on any atom is -0.519 e. The van der Waals surface area contributed by atoms with Gasteiger partial charge in [0.05, 0.1) is 4.47 Å². The molecule has 1 aromatic heterocycles. The van der Waals surface area contributed by atoms with E-state index in [-0.39, 0.29) is 0 Å². The van der Waals surface area contributed by atoms with E-state index < -0.39 is 8.32 Å². The SMILES string of the molecule is C[Si](C)(C)Oc1cc(Br)co1. The zero-order chi connectivity index (χ0) is 8.48. The molecule has 62 valence electrons. The molecule has 0 amide bonds. The first-order valence-corrected chi connectivity index (χ1v) is 7.60. The molecule has 11 heavy (non-hydrogen) atoms. The van der Waals surface area contributed by atoms with Crippen molar-refractivity contribution in [3.8, 4) is 5.95 Å². The van der Waals surface area contributed by atoms with Crippen LogP contribution in [-0.2, 0) is 0 Å². The quantitative estimate of drug-likeness (QED) is 0.734. The van der Waals surface area contributed by atoms with E-state index in [1.165, 1.54) is 0 Å². The summed E-state index contributed by atoms with van der Waals surface area (Å²) in [7, 11) is -1.50. The van der Waals surface area contributed by atoms with Crippen molar-refractivity contribution in [2.24, 2.45) is 0 Å². The summed E-state index contributed by atoms with van der Waals surface area (Å²) in [6.45, 7) is 6.34. The van der Waals surface area contributed by atoms with E-state index in [1.807, 2.05) is 6.07 Å². The van der Waals surface area contributed by atoms with Crippen LogP contribution < -0.4 is 4.43 Å². The van der Waals surface area contributed by atoms with Gasteiger partial charge in [0, 0.05) is 6.07 Å². The predicted molar refractivity (Wildman–Crippen MR) is 50.4 cm³/mol. The number of hydrogen-bond donors (Lipinski definition) is 0. The molecule has 1 aromatic rings. The van der Waals surface area contributed by atoms with Gasteiger partial charge in [-0.05, 0) is 35.6 Å². The Labute approximate surface area is 75.8 Å². The highest BCUT2D eigenvalue weighted by Gasteiger charge is 2.17. The van der Waals surface area contributed by atoms with Crippen molar-refractivity contribution in [3.05, 3.63) is 16.8 Å². The molecule has 0 aromatic carbocycles. The van der Waals surface area contributed by atoms with Crippen molar-refractivity contribution < 1.29 is 8.84 Å². The smallest absolute Gasteiger partial charge is 0.271 e. The molecule has 2 nitrogen and oxygen atoms in total. The lowest BCUT2D eigenvalue weighted by molar-refractivity contribution is 0.386. The summed E-state index contributed by atoms with van der Waals surface area (Å²) in [4.78, 5) is 0. The minimum atomic E-state index is -1.50. The molecule has 1 heterocycles. The van der Waals surface area contributed by atoms with Crippen molar-refractivity contribution in [1.29, 1.82) is 0 Å².